The van der Waals surface area contributed by atoms with Gasteiger partial charge < -0.3 is 16.8 Å². The number of nitrogen functional groups attached to an aromatic ring is 1. The summed E-state index contributed by atoms with van der Waals surface area (Å²) in [5.41, 5.74) is 12.7. The predicted molar refractivity (Wildman–Crippen MR) is 82.3 cm³/mol. The largest absolute Gasteiger partial charge is 0.399 e. The molecule has 0 saturated heterocycles. The molecule has 110 valence electrons. The first-order valence-corrected chi connectivity index (χ1v) is 7.32. The van der Waals surface area contributed by atoms with Gasteiger partial charge in [0.25, 0.3) is 0 Å². The van der Waals surface area contributed by atoms with Gasteiger partial charge in [0.2, 0.25) is 5.91 Å². The highest BCUT2D eigenvalue weighted by Crippen LogP contribution is 2.26. The van der Waals surface area contributed by atoms with Gasteiger partial charge in [0.05, 0.1) is 5.41 Å². The first kappa shape index (κ1) is 14.9. The van der Waals surface area contributed by atoms with Gasteiger partial charge in [-0.05, 0) is 57.2 Å². The normalized spacial score (nSPS) is 23.4. The predicted octanol–water partition coefficient (Wildman–Crippen LogP) is 1.93. The van der Waals surface area contributed by atoms with Crippen molar-refractivity contribution in [1.29, 1.82) is 0 Å². The molecule has 0 radical (unpaired) electrons. The highest BCUT2D eigenvalue weighted by Gasteiger charge is 2.32. The Bertz CT molecular complexity index is 459. The van der Waals surface area contributed by atoms with Crippen LogP contribution < -0.4 is 16.8 Å². The SMILES string of the molecule is CC(C)(C(=O)NC1CCC(N)CC1)c1ccc(N)cc1. The maximum atomic E-state index is 12.5. The van der Waals surface area contributed by atoms with Gasteiger partial charge in [-0.3, -0.25) is 4.79 Å². The Labute approximate surface area is 120 Å². The van der Waals surface area contributed by atoms with Crippen molar-refractivity contribution in [3.8, 4) is 0 Å². The average molecular weight is 275 g/mol. The Balaban J connectivity index is 2.01. The van der Waals surface area contributed by atoms with Gasteiger partial charge in [0, 0.05) is 17.8 Å². The molecule has 0 aromatic heterocycles. The summed E-state index contributed by atoms with van der Waals surface area (Å²) >= 11 is 0. The molecule has 20 heavy (non-hydrogen) atoms. The van der Waals surface area contributed by atoms with E-state index in [9.17, 15) is 4.79 Å². The lowest BCUT2D eigenvalue weighted by molar-refractivity contribution is -0.126. The van der Waals surface area contributed by atoms with E-state index >= 15 is 0 Å². The molecule has 0 atom stereocenters. The summed E-state index contributed by atoms with van der Waals surface area (Å²) in [6.07, 6.45) is 3.94. The zero-order valence-electron chi connectivity index (χ0n) is 12.4. The van der Waals surface area contributed by atoms with Crippen molar-refractivity contribution in [2.24, 2.45) is 5.73 Å². The van der Waals surface area contributed by atoms with Crippen LogP contribution in [0.4, 0.5) is 5.69 Å². The lowest BCUT2D eigenvalue weighted by Crippen LogP contribution is -2.47. The molecular formula is C16H25N3O. The van der Waals surface area contributed by atoms with Crippen molar-refractivity contribution in [3.05, 3.63) is 29.8 Å². The van der Waals surface area contributed by atoms with Crippen LogP contribution in [0.1, 0.15) is 45.1 Å². The van der Waals surface area contributed by atoms with Crippen LogP contribution in [0.5, 0.6) is 0 Å². The van der Waals surface area contributed by atoms with Gasteiger partial charge in [0.1, 0.15) is 0 Å². The molecule has 2 rings (SSSR count). The van der Waals surface area contributed by atoms with Crippen LogP contribution in [0.3, 0.4) is 0 Å². The van der Waals surface area contributed by atoms with Crippen molar-refractivity contribution in [3.63, 3.8) is 0 Å². The number of rotatable bonds is 3. The van der Waals surface area contributed by atoms with Crippen molar-refractivity contribution in [2.45, 2.75) is 57.0 Å². The molecule has 1 aromatic rings. The molecule has 1 fully saturated rings. The molecule has 0 heterocycles. The smallest absolute Gasteiger partial charge is 0.230 e. The van der Waals surface area contributed by atoms with Crippen molar-refractivity contribution < 1.29 is 4.79 Å². The Kier molecular flexibility index (Phi) is 4.33. The summed E-state index contributed by atoms with van der Waals surface area (Å²) in [5, 5.41) is 3.17. The Morgan fingerprint density at radius 3 is 2.25 bits per heavy atom. The van der Waals surface area contributed by atoms with Crippen LogP contribution in [0.15, 0.2) is 24.3 Å². The fourth-order valence-electron chi connectivity index (χ4n) is 2.66. The molecule has 1 amide bonds. The number of hydrogen-bond donors (Lipinski definition) is 3. The van der Waals surface area contributed by atoms with E-state index < -0.39 is 5.41 Å². The molecular weight excluding hydrogens is 250 g/mol. The third-order valence-corrected chi connectivity index (χ3v) is 4.31. The molecule has 0 spiro atoms. The summed E-state index contributed by atoms with van der Waals surface area (Å²) in [7, 11) is 0. The number of benzene rings is 1. The van der Waals surface area contributed by atoms with E-state index in [1.165, 1.54) is 0 Å². The number of nitrogens with two attached hydrogens (primary N) is 2. The number of anilines is 1. The van der Waals surface area contributed by atoms with Gasteiger partial charge in [-0.15, -0.1) is 0 Å². The van der Waals surface area contributed by atoms with E-state index in [0.29, 0.717) is 11.7 Å². The maximum absolute atomic E-state index is 12.5. The quantitative estimate of drug-likeness (QED) is 0.737. The number of hydrogen-bond acceptors (Lipinski definition) is 3. The molecule has 0 aliphatic heterocycles. The first-order chi connectivity index (χ1) is 9.39. The Morgan fingerprint density at radius 2 is 1.70 bits per heavy atom. The van der Waals surface area contributed by atoms with Gasteiger partial charge in [-0.1, -0.05) is 12.1 Å². The topological polar surface area (TPSA) is 81.1 Å². The zero-order valence-corrected chi connectivity index (χ0v) is 12.4. The summed E-state index contributed by atoms with van der Waals surface area (Å²) in [6.45, 7) is 3.89. The lowest BCUT2D eigenvalue weighted by atomic mass is 9.82. The monoisotopic (exact) mass is 275 g/mol. The Hall–Kier alpha value is -1.55. The molecule has 4 heteroatoms. The van der Waals surface area contributed by atoms with Crippen molar-refractivity contribution in [2.75, 3.05) is 5.73 Å². The minimum absolute atomic E-state index is 0.0720. The fraction of sp³-hybridized carbons (Fsp3) is 0.562. The summed E-state index contributed by atoms with van der Waals surface area (Å²) in [4.78, 5) is 12.5. The molecule has 1 aliphatic carbocycles. The van der Waals surface area contributed by atoms with E-state index in [-0.39, 0.29) is 11.9 Å². The van der Waals surface area contributed by atoms with E-state index in [4.69, 9.17) is 11.5 Å². The average Bonchev–Trinajstić information content (AvgIpc) is 2.42. The molecule has 1 aliphatic rings. The molecule has 5 N–H and O–H groups in total. The molecule has 1 saturated carbocycles. The number of nitrogens with one attached hydrogen (secondary N) is 1. The summed E-state index contributed by atoms with van der Waals surface area (Å²) < 4.78 is 0. The molecule has 1 aromatic carbocycles. The highest BCUT2D eigenvalue weighted by molar-refractivity contribution is 5.87. The van der Waals surface area contributed by atoms with Crippen LogP contribution in [-0.4, -0.2) is 18.0 Å². The molecule has 0 bridgehead atoms. The van der Waals surface area contributed by atoms with Crippen LogP contribution in [0.2, 0.25) is 0 Å². The van der Waals surface area contributed by atoms with Crippen molar-refractivity contribution in [1.82, 2.24) is 5.32 Å². The fourth-order valence-corrected chi connectivity index (χ4v) is 2.66. The third-order valence-electron chi connectivity index (χ3n) is 4.31. The zero-order chi connectivity index (χ0) is 14.8. The molecule has 0 unspecified atom stereocenters. The van der Waals surface area contributed by atoms with E-state index in [1.54, 1.807) is 0 Å². The van der Waals surface area contributed by atoms with Crippen LogP contribution >= 0.6 is 0 Å². The van der Waals surface area contributed by atoms with E-state index in [2.05, 4.69) is 5.32 Å². The van der Waals surface area contributed by atoms with Gasteiger partial charge in [-0.25, -0.2) is 0 Å². The number of amides is 1. The van der Waals surface area contributed by atoms with Gasteiger partial charge in [0.15, 0.2) is 0 Å². The maximum Gasteiger partial charge on any atom is 0.230 e. The Morgan fingerprint density at radius 1 is 1.15 bits per heavy atom. The number of carbonyl (C=O) groups excluding carboxylic acids is 1. The van der Waals surface area contributed by atoms with Crippen LogP contribution in [0, 0.1) is 0 Å². The number of carbonyl (C=O) groups is 1. The third kappa shape index (κ3) is 3.31. The lowest BCUT2D eigenvalue weighted by Gasteiger charge is -2.31. The highest BCUT2D eigenvalue weighted by atomic mass is 16.2. The standard InChI is InChI=1S/C16H25N3O/c1-16(2,11-3-5-12(17)6-4-11)15(20)19-14-9-7-13(18)8-10-14/h3-6,13-14H,7-10,17-18H2,1-2H3,(H,19,20). The second-order valence-electron chi connectivity index (χ2n) is 6.33. The van der Waals surface area contributed by atoms with Crippen LogP contribution in [0.25, 0.3) is 0 Å². The van der Waals surface area contributed by atoms with E-state index in [1.807, 2.05) is 38.1 Å². The van der Waals surface area contributed by atoms with Crippen molar-refractivity contribution >= 4 is 11.6 Å². The van der Waals surface area contributed by atoms with Gasteiger partial charge in [-0.2, -0.15) is 0 Å². The van der Waals surface area contributed by atoms with E-state index in [0.717, 1.165) is 31.2 Å². The summed E-state index contributed by atoms with van der Waals surface area (Å²) in [5.74, 6) is 0.0720. The minimum Gasteiger partial charge on any atom is -0.399 e. The summed E-state index contributed by atoms with van der Waals surface area (Å²) in [6, 6.07) is 8.08. The van der Waals surface area contributed by atoms with Crippen LogP contribution in [-0.2, 0) is 10.2 Å². The second kappa shape index (κ2) is 5.83. The first-order valence-electron chi connectivity index (χ1n) is 7.32. The minimum atomic E-state index is -0.548. The molecule has 4 nitrogen and oxygen atoms in total. The van der Waals surface area contributed by atoms with Gasteiger partial charge >= 0.3 is 0 Å². The second-order valence-corrected chi connectivity index (χ2v) is 6.33.